The number of halogens is 1. The zero-order valence-corrected chi connectivity index (χ0v) is 13.8. The van der Waals surface area contributed by atoms with Crippen LogP contribution in [0.25, 0.3) is 0 Å². The third kappa shape index (κ3) is 1.95. The highest BCUT2D eigenvalue weighted by Crippen LogP contribution is 2.61. The molecular formula is C14H15BrN2O2S. The Balaban J connectivity index is 2.04. The van der Waals surface area contributed by atoms with Crippen LogP contribution < -0.4 is 0 Å². The molecule has 0 bridgehead atoms. The standard InChI is InChI=1S/C14H15BrN2O2S/c1-8-11(15)20-12(17-8)14(19-2)5-9(6-16)10(18)13(7-14)3-4-13/h9H,3-5,7H2,1-2H3. The number of aryl methyl sites for hydroxylation is 1. The summed E-state index contributed by atoms with van der Waals surface area (Å²) in [5, 5.41) is 10.2. The van der Waals surface area contributed by atoms with Gasteiger partial charge in [0.15, 0.2) is 5.78 Å². The number of hydrogen-bond acceptors (Lipinski definition) is 5. The van der Waals surface area contributed by atoms with E-state index in [-0.39, 0.29) is 11.2 Å². The van der Waals surface area contributed by atoms with Gasteiger partial charge >= 0.3 is 0 Å². The molecule has 4 nitrogen and oxygen atoms in total. The second-order valence-corrected chi connectivity index (χ2v) is 8.10. The van der Waals surface area contributed by atoms with Crippen LogP contribution in [0.1, 0.15) is 36.4 Å². The molecule has 3 rings (SSSR count). The second kappa shape index (κ2) is 4.62. The number of aromatic nitrogens is 1. The summed E-state index contributed by atoms with van der Waals surface area (Å²) < 4.78 is 6.80. The minimum atomic E-state index is -0.591. The average Bonchev–Trinajstić information content (AvgIpc) is 3.13. The molecule has 20 heavy (non-hydrogen) atoms. The Bertz CT molecular complexity index is 598. The number of hydrogen-bond donors (Lipinski definition) is 0. The molecule has 2 unspecified atom stereocenters. The van der Waals surface area contributed by atoms with Gasteiger partial charge in [0.05, 0.1) is 15.5 Å². The maximum Gasteiger partial charge on any atom is 0.156 e. The van der Waals surface area contributed by atoms with Crippen molar-refractivity contribution in [1.82, 2.24) is 4.98 Å². The van der Waals surface area contributed by atoms with E-state index in [4.69, 9.17) is 4.74 Å². The van der Waals surface area contributed by atoms with Crippen LogP contribution in [0.2, 0.25) is 0 Å². The normalized spacial score (nSPS) is 31.3. The first kappa shape index (κ1) is 14.2. The molecule has 0 aliphatic heterocycles. The molecule has 0 N–H and O–H groups in total. The van der Waals surface area contributed by atoms with Crippen molar-refractivity contribution < 1.29 is 9.53 Å². The van der Waals surface area contributed by atoms with Gasteiger partial charge in [0, 0.05) is 18.9 Å². The smallest absolute Gasteiger partial charge is 0.156 e. The molecule has 0 saturated heterocycles. The van der Waals surface area contributed by atoms with E-state index in [1.54, 1.807) is 18.4 Å². The lowest BCUT2D eigenvalue weighted by Gasteiger charge is -2.40. The van der Waals surface area contributed by atoms with E-state index in [9.17, 15) is 10.1 Å². The number of nitriles is 1. The van der Waals surface area contributed by atoms with Crippen LogP contribution in [0.15, 0.2) is 3.79 Å². The largest absolute Gasteiger partial charge is 0.371 e. The number of carbonyl (C=O) groups is 1. The average molecular weight is 355 g/mol. The molecule has 0 aromatic carbocycles. The van der Waals surface area contributed by atoms with Gasteiger partial charge in [-0.25, -0.2) is 4.98 Å². The van der Waals surface area contributed by atoms with E-state index in [1.165, 1.54) is 0 Å². The number of thiazole rings is 1. The Labute approximate surface area is 130 Å². The third-order valence-electron chi connectivity index (χ3n) is 4.53. The Morgan fingerprint density at radius 3 is 2.70 bits per heavy atom. The first-order chi connectivity index (χ1) is 9.46. The highest BCUT2D eigenvalue weighted by molar-refractivity contribution is 9.11. The van der Waals surface area contributed by atoms with E-state index < -0.39 is 11.5 Å². The lowest BCUT2D eigenvalue weighted by atomic mass is 9.70. The summed E-state index contributed by atoms with van der Waals surface area (Å²) >= 11 is 5.04. The molecular weight excluding hydrogens is 340 g/mol. The molecule has 2 fully saturated rings. The summed E-state index contributed by atoms with van der Waals surface area (Å²) in [7, 11) is 1.66. The quantitative estimate of drug-likeness (QED) is 0.816. The van der Waals surface area contributed by atoms with Crippen molar-refractivity contribution in [3.63, 3.8) is 0 Å². The van der Waals surface area contributed by atoms with E-state index in [2.05, 4.69) is 27.0 Å². The summed E-state index contributed by atoms with van der Waals surface area (Å²) in [6.45, 7) is 1.94. The molecule has 2 saturated carbocycles. The monoisotopic (exact) mass is 354 g/mol. The van der Waals surface area contributed by atoms with E-state index in [1.807, 2.05) is 6.92 Å². The first-order valence-corrected chi connectivity index (χ1v) is 8.20. The molecule has 1 aromatic heterocycles. The molecule has 1 heterocycles. The summed E-state index contributed by atoms with van der Waals surface area (Å²) in [5.41, 5.74) is 0.00383. The molecule has 106 valence electrons. The fourth-order valence-corrected chi connectivity index (χ4v) is 4.67. The highest BCUT2D eigenvalue weighted by Gasteiger charge is 2.62. The van der Waals surface area contributed by atoms with Crippen molar-refractivity contribution in [2.45, 2.75) is 38.2 Å². The molecule has 2 aliphatic carbocycles. The topological polar surface area (TPSA) is 63.0 Å². The van der Waals surface area contributed by atoms with E-state index >= 15 is 0 Å². The molecule has 6 heteroatoms. The predicted molar refractivity (Wildman–Crippen MR) is 78.2 cm³/mol. The van der Waals surface area contributed by atoms with Crippen LogP contribution in [0.3, 0.4) is 0 Å². The molecule has 2 atom stereocenters. The second-order valence-electron chi connectivity index (χ2n) is 5.78. The molecule has 1 spiro atoms. The Morgan fingerprint density at radius 2 is 2.25 bits per heavy atom. The van der Waals surface area contributed by atoms with Gasteiger partial charge in [-0.2, -0.15) is 5.26 Å². The van der Waals surface area contributed by atoms with Crippen LogP contribution in [-0.4, -0.2) is 17.9 Å². The van der Waals surface area contributed by atoms with E-state index in [0.29, 0.717) is 12.8 Å². The van der Waals surface area contributed by atoms with Gasteiger partial charge < -0.3 is 4.74 Å². The van der Waals surface area contributed by atoms with Crippen molar-refractivity contribution in [2.24, 2.45) is 11.3 Å². The summed E-state index contributed by atoms with van der Waals surface area (Å²) in [6, 6.07) is 2.17. The maximum atomic E-state index is 12.3. The van der Waals surface area contributed by atoms with Crippen LogP contribution in [0, 0.1) is 29.6 Å². The van der Waals surface area contributed by atoms with Crippen molar-refractivity contribution in [2.75, 3.05) is 7.11 Å². The SMILES string of the molecule is COC1(c2nc(C)c(Br)s2)CC(C#N)C(=O)C2(CC2)C1. The minimum Gasteiger partial charge on any atom is -0.371 e. The van der Waals surface area contributed by atoms with Gasteiger partial charge in [0.2, 0.25) is 0 Å². The lowest BCUT2D eigenvalue weighted by molar-refractivity contribution is -0.142. The molecule has 1 aromatic rings. The van der Waals surface area contributed by atoms with Gasteiger partial charge in [-0.3, -0.25) is 4.79 Å². The van der Waals surface area contributed by atoms with Crippen LogP contribution in [0.4, 0.5) is 0 Å². The van der Waals surface area contributed by atoms with Gasteiger partial charge in [0.25, 0.3) is 0 Å². The number of methoxy groups -OCH3 is 1. The summed E-state index contributed by atoms with van der Waals surface area (Å²) in [5.74, 6) is -0.464. The first-order valence-electron chi connectivity index (χ1n) is 6.59. The fourth-order valence-electron chi connectivity index (χ4n) is 3.15. The Kier molecular flexibility index (Phi) is 3.27. The van der Waals surface area contributed by atoms with Gasteiger partial charge in [0.1, 0.15) is 16.5 Å². The van der Waals surface area contributed by atoms with Crippen LogP contribution in [0.5, 0.6) is 0 Å². The summed E-state index contributed by atoms with van der Waals surface area (Å²) in [4.78, 5) is 16.9. The zero-order valence-electron chi connectivity index (χ0n) is 11.4. The van der Waals surface area contributed by atoms with Crippen LogP contribution >= 0.6 is 27.3 Å². The zero-order chi connectivity index (χ0) is 14.5. The van der Waals surface area contributed by atoms with Gasteiger partial charge in [-0.05, 0) is 42.1 Å². The van der Waals surface area contributed by atoms with Crippen LogP contribution in [-0.2, 0) is 15.1 Å². The minimum absolute atomic E-state index is 0.111. The van der Waals surface area contributed by atoms with E-state index in [0.717, 1.165) is 27.3 Å². The number of carbonyl (C=O) groups excluding carboxylic acids is 1. The molecule has 0 radical (unpaired) electrons. The Hall–Kier alpha value is -0.770. The number of ether oxygens (including phenoxy) is 1. The van der Waals surface area contributed by atoms with Crippen molar-refractivity contribution in [1.29, 1.82) is 5.26 Å². The molecule has 0 amide bonds. The summed E-state index contributed by atoms with van der Waals surface area (Å²) in [6.07, 6.45) is 2.83. The van der Waals surface area contributed by atoms with Crippen molar-refractivity contribution >= 4 is 33.0 Å². The molecule has 2 aliphatic rings. The third-order valence-corrected chi connectivity index (χ3v) is 6.72. The lowest BCUT2D eigenvalue weighted by Crippen LogP contribution is -2.44. The predicted octanol–water partition coefficient (Wildman–Crippen LogP) is 3.34. The number of Topliss-reactive ketones (excluding diaryl/α,β-unsaturated/α-hetero) is 1. The maximum absolute atomic E-state index is 12.3. The number of nitrogens with zero attached hydrogens (tertiary/aromatic N) is 2. The van der Waals surface area contributed by atoms with Gasteiger partial charge in [-0.15, -0.1) is 11.3 Å². The van der Waals surface area contributed by atoms with Crippen molar-refractivity contribution in [3.8, 4) is 6.07 Å². The number of ketones is 1. The fraction of sp³-hybridized carbons (Fsp3) is 0.643. The highest BCUT2D eigenvalue weighted by atomic mass is 79.9. The number of rotatable bonds is 2. The van der Waals surface area contributed by atoms with Gasteiger partial charge in [-0.1, -0.05) is 0 Å². The van der Waals surface area contributed by atoms with Crippen molar-refractivity contribution in [3.05, 3.63) is 14.5 Å². The Morgan fingerprint density at radius 1 is 1.55 bits per heavy atom.